The number of carbonyl (C=O) groups excluding carboxylic acids is 2. The van der Waals surface area contributed by atoms with Gasteiger partial charge in [0, 0.05) is 0 Å². The van der Waals surface area contributed by atoms with Crippen LogP contribution in [0, 0.1) is 0 Å². The summed E-state index contributed by atoms with van der Waals surface area (Å²) in [6.45, 7) is -0.330. The fraction of sp³-hybridized carbons (Fsp3) is 0.333. The zero-order chi connectivity index (χ0) is 6.57. The predicted molar refractivity (Wildman–Crippen MR) is 32.7 cm³/mol. The Balaban J connectivity index is -0.0000000817. The number of amides is 1. The number of carbonyl (C=O) groups is 2. The van der Waals surface area contributed by atoms with Crippen LogP contribution < -0.4 is 11.5 Å². The van der Waals surface area contributed by atoms with Gasteiger partial charge in [0.15, 0.2) is 0 Å². The van der Waals surface area contributed by atoms with Crippen molar-refractivity contribution in [3.63, 3.8) is 0 Å². The zero-order valence-electron chi connectivity index (χ0n) is 6.79. The third-order valence-electron chi connectivity index (χ3n) is 0.381. The second-order valence-corrected chi connectivity index (χ2v) is 0.997. The van der Waals surface area contributed by atoms with Crippen molar-refractivity contribution < 1.29 is 17.2 Å². The van der Waals surface area contributed by atoms with Crippen LogP contribution in [0.25, 0.3) is 0 Å². The molecule has 0 rings (SSSR count). The quantitative estimate of drug-likeness (QED) is 0.263. The summed E-state index contributed by atoms with van der Waals surface area (Å²) in [6.07, 6.45) is -1.12. The molecule has 5 nitrogen and oxygen atoms in total. The van der Waals surface area contributed by atoms with Gasteiger partial charge in [-0.3, -0.25) is 4.79 Å². The van der Waals surface area contributed by atoms with Gasteiger partial charge in [-0.15, -0.1) is 0 Å². The number of hydrogen-bond acceptors (Lipinski definition) is 4. The summed E-state index contributed by atoms with van der Waals surface area (Å²) < 4.78 is 3.77. The van der Waals surface area contributed by atoms with Gasteiger partial charge in [-0.25, -0.2) is 4.79 Å². The molecular formula is C3H8MgN2O3. The first-order valence-electron chi connectivity index (χ1n) is 1.87. The molecule has 0 aromatic heterocycles. The van der Waals surface area contributed by atoms with Crippen molar-refractivity contribution in [3.05, 3.63) is 0 Å². The average Bonchev–Trinajstić information content (AvgIpc) is 1.65. The van der Waals surface area contributed by atoms with Crippen molar-refractivity contribution in [3.8, 4) is 0 Å². The Kier molecular flexibility index (Phi) is 7.38. The first kappa shape index (κ1) is 11.5. The number of hydrogen-bond donors (Lipinski definition) is 2. The van der Waals surface area contributed by atoms with Crippen LogP contribution >= 0.6 is 0 Å². The number of esters is 1. The van der Waals surface area contributed by atoms with Crippen LogP contribution in [0.2, 0.25) is 0 Å². The molecule has 50 valence electrons. The number of nitrogens with two attached hydrogens (primary N) is 2. The van der Waals surface area contributed by atoms with E-state index >= 15 is 0 Å². The molecule has 4 N–H and O–H groups in total. The molecule has 0 aliphatic rings. The normalized spacial score (nSPS) is 7.22. The molecular weight excluding hydrogens is 136 g/mol. The van der Waals surface area contributed by atoms with E-state index in [1.807, 2.05) is 0 Å². The van der Waals surface area contributed by atoms with E-state index < -0.39 is 12.1 Å². The minimum atomic E-state index is -1.12. The fourth-order valence-electron chi connectivity index (χ4n) is 0.154. The predicted octanol–water partition coefficient (Wildman–Crippen LogP) is -1.59. The summed E-state index contributed by atoms with van der Waals surface area (Å²) in [4.78, 5) is 19.7. The molecule has 1 amide bonds. The van der Waals surface area contributed by atoms with Crippen LogP contribution in [0.3, 0.4) is 0 Å². The van der Waals surface area contributed by atoms with Crippen LogP contribution in [0.5, 0.6) is 0 Å². The van der Waals surface area contributed by atoms with Crippen molar-refractivity contribution in [2.24, 2.45) is 11.5 Å². The number of ether oxygens (including phenoxy) is 1. The Hall–Kier alpha value is -0.334. The zero-order valence-corrected chi connectivity index (χ0v) is 6.21. The molecule has 6 heteroatoms. The second-order valence-electron chi connectivity index (χ2n) is 0.997. The Labute approximate surface area is 70.8 Å². The summed E-state index contributed by atoms with van der Waals surface area (Å²) in [6, 6.07) is 0. The monoisotopic (exact) mass is 144 g/mol. The standard InChI is InChI=1S/C3H6N2O3.Mg.2H/c4-1-2(6)8-3(5)7;;;/h1,4H2,(H2,5,7);;;/q;+2;2*-1. The van der Waals surface area contributed by atoms with Crippen molar-refractivity contribution in [1.82, 2.24) is 0 Å². The fourth-order valence-corrected chi connectivity index (χ4v) is 0.154. The maximum Gasteiger partial charge on any atom is 2.00 e. The van der Waals surface area contributed by atoms with E-state index in [4.69, 9.17) is 5.73 Å². The van der Waals surface area contributed by atoms with Gasteiger partial charge in [-0.05, 0) is 0 Å². The molecule has 0 aromatic carbocycles. The first-order chi connectivity index (χ1) is 3.66. The smallest absolute Gasteiger partial charge is 1.00 e. The van der Waals surface area contributed by atoms with Crippen LogP contribution in [-0.4, -0.2) is 41.7 Å². The summed E-state index contributed by atoms with van der Waals surface area (Å²) in [5.41, 5.74) is 9.17. The van der Waals surface area contributed by atoms with E-state index in [-0.39, 0.29) is 32.5 Å². The molecule has 0 spiro atoms. The SMILES string of the molecule is NCC(=O)OC(N)=O.[H-].[H-].[Mg+2]. The van der Waals surface area contributed by atoms with E-state index in [0.29, 0.717) is 0 Å². The van der Waals surface area contributed by atoms with Gasteiger partial charge >= 0.3 is 35.1 Å². The topological polar surface area (TPSA) is 95.4 Å². The molecule has 0 atom stereocenters. The van der Waals surface area contributed by atoms with Gasteiger partial charge in [-0.2, -0.15) is 0 Å². The summed E-state index contributed by atoms with van der Waals surface area (Å²) in [5.74, 6) is -0.822. The third-order valence-corrected chi connectivity index (χ3v) is 0.381. The van der Waals surface area contributed by atoms with Crippen molar-refractivity contribution >= 4 is 35.1 Å². The molecule has 0 radical (unpaired) electrons. The van der Waals surface area contributed by atoms with Gasteiger partial charge in [0.2, 0.25) is 0 Å². The van der Waals surface area contributed by atoms with Crippen LogP contribution in [-0.2, 0) is 9.53 Å². The van der Waals surface area contributed by atoms with Gasteiger partial charge in [0.05, 0.1) is 6.54 Å². The second kappa shape index (κ2) is 5.80. The van der Waals surface area contributed by atoms with Gasteiger partial charge in [-0.1, -0.05) is 0 Å². The molecule has 0 aromatic rings. The molecule has 9 heavy (non-hydrogen) atoms. The minimum Gasteiger partial charge on any atom is -1.00 e. The van der Waals surface area contributed by atoms with Gasteiger partial charge in [0.25, 0.3) is 0 Å². The van der Waals surface area contributed by atoms with Gasteiger partial charge in [0.1, 0.15) is 0 Å². The largest absolute Gasteiger partial charge is 2.00 e. The summed E-state index contributed by atoms with van der Waals surface area (Å²) >= 11 is 0. The minimum absolute atomic E-state index is 0. The van der Waals surface area contributed by atoms with Crippen LogP contribution in [0.4, 0.5) is 4.79 Å². The van der Waals surface area contributed by atoms with E-state index in [9.17, 15) is 9.59 Å². The van der Waals surface area contributed by atoms with Crippen molar-refractivity contribution in [1.29, 1.82) is 0 Å². The maximum absolute atomic E-state index is 9.97. The van der Waals surface area contributed by atoms with Crippen molar-refractivity contribution in [2.45, 2.75) is 0 Å². The number of primary amides is 1. The third kappa shape index (κ3) is 7.67. The molecule has 0 saturated carbocycles. The Morgan fingerprint density at radius 3 is 2.11 bits per heavy atom. The Morgan fingerprint density at radius 2 is 2.00 bits per heavy atom. The molecule has 0 heterocycles. The van der Waals surface area contributed by atoms with E-state index in [2.05, 4.69) is 10.5 Å². The molecule has 0 aliphatic heterocycles. The Bertz CT molecular complexity index is 123. The van der Waals surface area contributed by atoms with E-state index in [1.165, 1.54) is 0 Å². The maximum atomic E-state index is 9.97. The van der Waals surface area contributed by atoms with E-state index in [1.54, 1.807) is 0 Å². The molecule has 0 aliphatic carbocycles. The molecule has 0 saturated heterocycles. The molecule has 0 fully saturated rings. The summed E-state index contributed by atoms with van der Waals surface area (Å²) in [7, 11) is 0. The van der Waals surface area contributed by atoms with Crippen LogP contribution in [0.15, 0.2) is 0 Å². The Morgan fingerprint density at radius 1 is 1.56 bits per heavy atom. The molecule has 0 unspecified atom stereocenters. The van der Waals surface area contributed by atoms with Crippen LogP contribution in [0.1, 0.15) is 2.85 Å². The summed E-state index contributed by atoms with van der Waals surface area (Å²) in [5, 5.41) is 0. The molecule has 0 bridgehead atoms. The van der Waals surface area contributed by atoms with Crippen molar-refractivity contribution in [2.75, 3.05) is 6.54 Å². The number of rotatable bonds is 1. The van der Waals surface area contributed by atoms with E-state index in [0.717, 1.165) is 0 Å². The first-order valence-corrected chi connectivity index (χ1v) is 1.87. The average molecular weight is 144 g/mol. The van der Waals surface area contributed by atoms with Gasteiger partial charge < -0.3 is 19.1 Å².